The molecule has 0 atom stereocenters. The summed E-state index contributed by atoms with van der Waals surface area (Å²) in [5, 5.41) is 4.17. The molecule has 0 N–H and O–H groups in total. The monoisotopic (exact) mass is 468 g/mol. The van der Waals surface area contributed by atoms with Crippen molar-refractivity contribution in [3.05, 3.63) is 121 Å². The molecule has 0 saturated carbocycles. The summed E-state index contributed by atoms with van der Waals surface area (Å²) < 4.78 is 11.1. The van der Waals surface area contributed by atoms with Crippen LogP contribution in [0.15, 0.2) is 115 Å². The Hall–Kier alpha value is -3.55. The first kappa shape index (κ1) is 23.6. The highest BCUT2D eigenvalue weighted by Crippen LogP contribution is 2.47. The SMILES string of the molecule is CCOC(=O)C(Cc1ccc(OC)cc1)=P(c1ccccc1)(c1ccccc1)c1ccccc1. The lowest BCUT2D eigenvalue weighted by Crippen LogP contribution is -2.35. The molecule has 0 bridgehead atoms. The summed E-state index contributed by atoms with van der Waals surface area (Å²) in [6.45, 7) is -0.342. The summed E-state index contributed by atoms with van der Waals surface area (Å²) in [7, 11) is 1.65. The van der Waals surface area contributed by atoms with Gasteiger partial charge in [0.15, 0.2) is 0 Å². The summed E-state index contributed by atoms with van der Waals surface area (Å²) >= 11 is 0. The van der Waals surface area contributed by atoms with Crippen LogP contribution in [0, 0.1) is 0 Å². The van der Waals surface area contributed by atoms with E-state index in [1.165, 1.54) is 0 Å². The number of rotatable bonds is 8. The Morgan fingerprint density at radius 3 is 1.50 bits per heavy atom. The maximum atomic E-state index is 13.8. The van der Waals surface area contributed by atoms with E-state index in [0.717, 1.165) is 32.5 Å². The van der Waals surface area contributed by atoms with E-state index in [1.807, 2.05) is 85.8 Å². The summed E-state index contributed by atoms with van der Waals surface area (Å²) in [6.07, 6.45) is 0.481. The summed E-state index contributed by atoms with van der Waals surface area (Å²) in [5.41, 5.74) is 1.04. The molecule has 0 aliphatic carbocycles. The molecule has 3 nitrogen and oxygen atoms in total. The quantitative estimate of drug-likeness (QED) is 0.271. The maximum Gasteiger partial charge on any atom is 0.335 e. The van der Waals surface area contributed by atoms with Crippen molar-refractivity contribution in [1.82, 2.24) is 0 Å². The Bertz CT molecular complexity index is 1160. The predicted octanol–water partition coefficient (Wildman–Crippen LogP) is 4.97. The van der Waals surface area contributed by atoms with Gasteiger partial charge in [-0.05, 0) is 47.4 Å². The van der Waals surface area contributed by atoms with Gasteiger partial charge in [-0.15, -0.1) is 0 Å². The van der Waals surface area contributed by atoms with Crippen LogP contribution in [-0.4, -0.2) is 25.0 Å². The van der Waals surface area contributed by atoms with Crippen molar-refractivity contribution in [3.8, 4) is 5.75 Å². The van der Waals surface area contributed by atoms with Crippen LogP contribution in [0.3, 0.4) is 0 Å². The topological polar surface area (TPSA) is 35.5 Å². The Morgan fingerprint density at radius 1 is 0.676 bits per heavy atom. The average molecular weight is 469 g/mol. The van der Waals surface area contributed by atoms with E-state index in [-0.39, 0.29) is 5.97 Å². The zero-order chi connectivity index (χ0) is 23.8. The van der Waals surface area contributed by atoms with Gasteiger partial charge in [-0.1, -0.05) is 103 Å². The van der Waals surface area contributed by atoms with Crippen molar-refractivity contribution in [2.45, 2.75) is 13.3 Å². The van der Waals surface area contributed by atoms with E-state index >= 15 is 0 Å². The zero-order valence-corrected chi connectivity index (χ0v) is 20.5. The van der Waals surface area contributed by atoms with Crippen molar-refractivity contribution in [3.63, 3.8) is 0 Å². The third kappa shape index (κ3) is 4.71. The number of methoxy groups -OCH3 is 1. The Morgan fingerprint density at radius 2 is 1.12 bits per heavy atom. The Labute approximate surface area is 202 Å². The van der Waals surface area contributed by atoms with Crippen LogP contribution < -0.4 is 20.7 Å². The number of esters is 1. The largest absolute Gasteiger partial charge is 0.497 e. The first-order chi connectivity index (χ1) is 16.7. The Kier molecular flexibility index (Phi) is 7.67. The van der Waals surface area contributed by atoms with E-state index < -0.39 is 6.89 Å². The minimum absolute atomic E-state index is 0.247. The van der Waals surface area contributed by atoms with Gasteiger partial charge in [0.2, 0.25) is 0 Å². The summed E-state index contributed by atoms with van der Waals surface area (Å²) in [4.78, 5) is 13.8. The van der Waals surface area contributed by atoms with Gasteiger partial charge in [0.1, 0.15) is 5.75 Å². The maximum absolute atomic E-state index is 13.8. The van der Waals surface area contributed by atoms with Crippen molar-refractivity contribution < 1.29 is 14.3 Å². The van der Waals surface area contributed by atoms with Crippen LogP contribution in [0.2, 0.25) is 0 Å². The number of hydrogen-bond donors (Lipinski definition) is 0. The normalized spacial score (nSPS) is 11.0. The van der Waals surface area contributed by atoms with Crippen molar-refractivity contribution in [1.29, 1.82) is 0 Å². The molecule has 0 aliphatic rings. The first-order valence-corrected chi connectivity index (χ1v) is 13.2. The molecule has 0 aliphatic heterocycles. The molecule has 0 amide bonds. The van der Waals surface area contributed by atoms with Crippen LogP contribution in [0.25, 0.3) is 0 Å². The minimum atomic E-state index is -2.52. The zero-order valence-electron chi connectivity index (χ0n) is 19.6. The van der Waals surface area contributed by atoms with Crippen LogP contribution >= 0.6 is 6.89 Å². The number of carbonyl (C=O) groups is 1. The summed E-state index contributed by atoms with van der Waals surface area (Å²) in [6, 6.07) is 39.1. The molecular formula is C30H29O3P. The number of hydrogen-bond acceptors (Lipinski definition) is 3. The van der Waals surface area contributed by atoms with Crippen molar-refractivity contribution in [2.75, 3.05) is 13.7 Å². The highest BCUT2D eigenvalue weighted by Gasteiger charge is 2.33. The molecule has 172 valence electrons. The van der Waals surface area contributed by atoms with Crippen LogP contribution in [0.1, 0.15) is 12.5 Å². The van der Waals surface area contributed by atoms with Crippen LogP contribution in [0.4, 0.5) is 0 Å². The smallest absolute Gasteiger partial charge is 0.335 e. The molecule has 0 saturated heterocycles. The second kappa shape index (κ2) is 11.0. The van der Waals surface area contributed by atoms with Crippen LogP contribution in [0.5, 0.6) is 5.75 Å². The number of benzene rings is 4. The average Bonchev–Trinajstić information content (AvgIpc) is 2.91. The number of carbonyl (C=O) groups excluding carboxylic acids is 1. The molecule has 0 spiro atoms. The van der Waals surface area contributed by atoms with E-state index in [1.54, 1.807) is 7.11 Å². The summed E-state index contributed by atoms with van der Waals surface area (Å²) in [5.74, 6) is 0.542. The molecule has 0 radical (unpaired) electrons. The molecule has 0 heterocycles. The fraction of sp³-hybridized carbons (Fsp3) is 0.133. The minimum Gasteiger partial charge on any atom is -0.497 e. The molecule has 4 aromatic rings. The molecule has 34 heavy (non-hydrogen) atoms. The van der Waals surface area contributed by atoms with Crippen LogP contribution in [-0.2, 0) is 16.0 Å². The third-order valence-electron chi connectivity index (χ3n) is 5.88. The second-order valence-corrected chi connectivity index (χ2v) is 11.3. The van der Waals surface area contributed by atoms with Gasteiger partial charge >= 0.3 is 5.97 Å². The standard InChI is InChI=1S/C30H29O3P/c1-3-33-30(31)29(23-24-19-21-25(32-2)22-20-24)34(26-13-7-4-8-14-26,27-15-9-5-10-16-27)28-17-11-6-12-18-28/h4-22H,3,23H2,1-2H3. The lowest BCUT2D eigenvalue weighted by atomic mass is 10.1. The van der Waals surface area contributed by atoms with Gasteiger partial charge in [-0.3, -0.25) is 0 Å². The van der Waals surface area contributed by atoms with Gasteiger partial charge in [-0.25, -0.2) is 4.79 Å². The molecule has 4 aromatic carbocycles. The van der Waals surface area contributed by atoms with Crippen molar-refractivity contribution >= 4 is 34.1 Å². The molecule has 0 aromatic heterocycles. The second-order valence-electron chi connectivity index (χ2n) is 7.87. The van der Waals surface area contributed by atoms with Crippen molar-refractivity contribution in [2.24, 2.45) is 0 Å². The lowest BCUT2D eigenvalue weighted by Gasteiger charge is -2.32. The van der Waals surface area contributed by atoms with Gasteiger partial charge in [-0.2, -0.15) is 0 Å². The van der Waals surface area contributed by atoms with Gasteiger partial charge in [0.05, 0.1) is 19.0 Å². The van der Waals surface area contributed by atoms with Gasteiger partial charge < -0.3 is 9.47 Å². The third-order valence-corrected chi connectivity index (χ3v) is 10.2. The highest BCUT2D eigenvalue weighted by atomic mass is 31.2. The van der Waals surface area contributed by atoms with E-state index in [0.29, 0.717) is 13.0 Å². The molecular weight excluding hydrogens is 439 g/mol. The molecule has 4 heteroatoms. The fourth-order valence-electron chi connectivity index (χ4n) is 4.35. The Balaban J connectivity index is 2.14. The van der Waals surface area contributed by atoms with E-state index in [2.05, 4.69) is 36.4 Å². The highest BCUT2D eigenvalue weighted by molar-refractivity contribution is 7.96. The fourth-order valence-corrected chi connectivity index (χ4v) is 8.79. The molecule has 0 unspecified atom stereocenters. The predicted molar refractivity (Wildman–Crippen MR) is 143 cm³/mol. The van der Waals surface area contributed by atoms with E-state index in [4.69, 9.17) is 9.47 Å². The first-order valence-electron chi connectivity index (χ1n) is 11.4. The van der Waals surface area contributed by atoms with E-state index in [9.17, 15) is 4.79 Å². The van der Waals surface area contributed by atoms with Gasteiger partial charge in [0.25, 0.3) is 0 Å². The molecule has 0 fully saturated rings. The lowest BCUT2D eigenvalue weighted by molar-refractivity contribution is -0.134. The molecule has 4 rings (SSSR count). The van der Waals surface area contributed by atoms with Gasteiger partial charge in [0, 0.05) is 6.42 Å². The number of ether oxygens (including phenoxy) is 2.